The maximum atomic E-state index is 2.30. The Balaban J connectivity index is 1.79. The van der Waals surface area contributed by atoms with E-state index in [9.17, 15) is 0 Å². The average Bonchev–Trinajstić information content (AvgIpc) is 3.02. The molecule has 1 nitrogen and oxygen atoms in total. The quantitative estimate of drug-likeness (QED) is 0.472. The zero-order valence-electron chi connectivity index (χ0n) is 12.4. The van der Waals surface area contributed by atoms with Crippen LogP contribution in [0.15, 0.2) is 0 Å². The molecule has 0 N–H and O–H groups in total. The van der Waals surface area contributed by atoms with Gasteiger partial charge in [-0.3, -0.25) is 0 Å². The third-order valence-electron chi connectivity index (χ3n) is 4.18. The highest BCUT2D eigenvalue weighted by molar-refractivity contribution is 4.85. The van der Waals surface area contributed by atoms with E-state index in [-0.39, 0.29) is 0 Å². The average molecular weight is 239 g/mol. The van der Waals surface area contributed by atoms with E-state index in [1.54, 1.807) is 6.42 Å². The first kappa shape index (κ1) is 15.0. The minimum Gasteiger partial charge on any atom is -0.309 e. The third-order valence-corrected chi connectivity index (χ3v) is 4.18. The molecule has 102 valence electrons. The Labute approximate surface area is 109 Å². The Kier molecular flexibility index (Phi) is 7.92. The van der Waals surface area contributed by atoms with Gasteiger partial charge in [0.2, 0.25) is 0 Å². The van der Waals surface area contributed by atoms with E-state index in [2.05, 4.69) is 25.9 Å². The van der Waals surface area contributed by atoms with Gasteiger partial charge in [-0.25, -0.2) is 0 Å². The maximum Gasteiger partial charge on any atom is -0.00248 e. The van der Waals surface area contributed by atoms with Gasteiger partial charge in [0.1, 0.15) is 0 Å². The Morgan fingerprint density at radius 1 is 0.824 bits per heavy atom. The van der Waals surface area contributed by atoms with Crippen LogP contribution in [0, 0.1) is 11.8 Å². The second kappa shape index (κ2) is 8.97. The monoisotopic (exact) mass is 239 g/mol. The lowest BCUT2D eigenvalue weighted by Crippen LogP contribution is -2.12. The molecule has 1 saturated carbocycles. The highest BCUT2D eigenvalue weighted by atomic mass is 15.0. The predicted molar refractivity (Wildman–Crippen MR) is 77.4 cm³/mol. The van der Waals surface area contributed by atoms with Gasteiger partial charge < -0.3 is 4.90 Å². The van der Waals surface area contributed by atoms with Crippen LogP contribution >= 0.6 is 0 Å². The van der Waals surface area contributed by atoms with Crippen molar-refractivity contribution in [1.29, 1.82) is 0 Å². The summed E-state index contributed by atoms with van der Waals surface area (Å²) < 4.78 is 0. The summed E-state index contributed by atoms with van der Waals surface area (Å²) in [6, 6.07) is 0. The molecule has 0 aromatic heterocycles. The second-order valence-corrected chi connectivity index (χ2v) is 6.26. The normalized spacial score (nSPS) is 23.3. The van der Waals surface area contributed by atoms with Crippen molar-refractivity contribution >= 4 is 0 Å². The van der Waals surface area contributed by atoms with E-state index in [0.717, 1.165) is 11.8 Å². The van der Waals surface area contributed by atoms with E-state index in [0.29, 0.717) is 0 Å². The lowest BCUT2D eigenvalue weighted by Gasteiger charge is -2.08. The van der Waals surface area contributed by atoms with E-state index < -0.39 is 0 Å². The molecule has 0 saturated heterocycles. The van der Waals surface area contributed by atoms with Gasteiger partial charge in [0.25, 0.3) is 0 Å². The Hall–Kier alpha value is -0.0400. The summed E-state index contributed by atoms with van der Waals surface area (Å²) in [5, 5.41) is 0. The molecule has 0 amide bonds. The summed E-state index contributed by atoms with van der Waals surface area (Å²) in [4.78, 5) is 2.30. The largest absolute Gasteiger partial charge is 0.309 e. The number of rotatable bonds is 11. The first-order chi connectivity index (χ1) is 8.24. The van der Waals surface area contributed by atoms with Crippen LogP contribution in [0.5, 0.6) is 0 Å². The minimum absolute atomic E-state index is 1.13. The Bertz CT molecular complexity index is 176. The van der Waals surface area contributed by atoms with E-state index >= 15 is 0 Å². The summed E-state index contributed by atoms with van der Waals surface area (Å²) in [5.74, 6) is 2.25. The van der Waals surface area contributed by atoms with Gasteiger partial charge in [-0.05, 0) is 45.3 Å². The van der Waals surface area contributed by atoms with Crippen LogP contribution in [-0.2, 0) is 0 Å². The molecule has 1 aliphatic rings. The van der Waals surface area contributed by atoms with Crippen LogP contribution in [0.3, 0.4) is 0 Å². The van der Waals surface area contributed by atoms with Crippen LogP contribution < -0.4 is 0 Å². The van der Waals surface area contributed by atoms with Crippen molar-refractivity contribution < 1.29 is 0 Å². The Morgan fingerprint density at radius 2 is 1.41 bits per heavy atom. The van der Waals surface area contributed by atoms with Gasteiger partial charge in [0.05, 0.1) is 0 Å². The van der Waals surface area contributed by atoms with Crippen LogP contribution in [-0.4, -0.2) is 25.5 Å². The van der Waals surface area contributed by atoms with Crippen LogP contribution in [0.2, 0.25) is 0 Å². The van der Waals surface area contributed by atoms with Crippen molar-refractivity contribution in [1.82, 2.24) is 4.90 Å². The van der Waals surface area contributed by atoms with Crippen molar-refractivity contribution in [2.75, 3.05) is 20.6 Å². The topological polar surface area (TPSA) is 3.24 Å². The molecule has 0 aromatic carbocycles. The molecule has 0 aromatic rings. The van der Waals surface area contributed by atoms with E-state index in [4.69, 9.17) is 0 Å². The van der Waals surface area contributed by atoms with Crippen LogP contribution in [0.4, 0.5) is 0 Å². The molecular formula is C16H33N. The molecule has 2 atom stereocenters. The minimum atomic E-state index is 1.13. The summed E-state index contributed by atoms with van der Waals surface area (Å²) in [7, 11) is 4.34. The van der Waals surface area contributed by atoms with Gasteiger partial charge in [-0.2, -0.15) is 0 Å². The number of unbranched alkanes of at least 4 members (excludes halogenated alkanes) is 5. The zero-order chi connectivity index (χ0) is 12.5. The summed E-state index contributed by atoms with van der Waals surface area (Å²) in [5.41, 5.74) is 0. The molecule has 1 heteroatoms. The SMILES string of the molecule is CCCCCC1CC1CCCCCCN(C)C. The van der Waals surface area contributed by atoms with Gasteiger partial charge in [0.15, 0.2) is 0 Å². The molecule has 0 heterocycles. The standard InChI is InChI=1S/C16H33N/c1-4-5-8-11-15-14-16(15)12-9-6-7-10-13-17(2)3/h15-16H,4-14H2,1-3H3. The van der Waals surface area contributed by atoms with Crippen molar-refractivity contribution in [2.24, 2.45) is 11.8 Å². The zero-order valence-corrected chi connectivity index (χ0v) is 12.4. The molecule has 1 rings (SSSR count). The molecule has 0 radical (unpaired) electrons. The van der Waals surface area contributed by atoms with Crippen molar-refractivity contribution in [3.63, 3.8) is 0 Å². The predicted octanol–water partition coefficient (Wildman–Crippen LogP) is 4.71. The molecule has 0 aliphatic heterocycles. The lowest BCUT2D eigenvalue weighted by atomic mass is 10.1. The first-order valence-electron chi connectivity index (χ1n) is 7.88. The highest BCUT2D eigenvalue weighted by Gasteiger charge is 2.34. The highest BCUT2D eigenvalue weighted by Crippen LogP contribution is 2.45. The van der Waals surface area contributed by atoms with Crippen molar-refractivity contribution in [3.05, 3.63) is 0 Å². The Morgan fingerprint density at radius 3 is 2.00 bits per heavy atom. The molecular weight excluding hydrogens is 206 g/mol. The summed E-state index contributed by atoms with van der Waals surface area (Å²) in [6.45, 7) is 3.57. The van der Waals surface area contributed by atoms with Crippen LogP contribution in [0.25, 0.3) is 0 Å². The van der Waals surface area contributed by atoms with Gasteiger partial charge in [-0.15, -0.1) is 0 Å². The lowest BCUT2D eigenvalue weighted by molar-refractivity contribution is 0.388. The fraction of sp³-hybridized carbons (Fsp3) is 1.00. The molecule has 1 aliphatic carbocycles. The smallest absolute Gasteiger partial charge is 0.00248 e. The fourth-order valence-corrected chi connectivity index (χ4v) is 2.86. The van der Waals surface area contributed by atoms with Gasteiger partial charge in [-0.1, -0.05) is 58.3 Å². The molecule has 0 bridgehead atoms. The molecule has 1 fully saturated rings. The van der Waals surface area contributed by atoms with Gasteiger partial charge in [0, 0.05) is 0 Å². The second-order valence-electron chi connectivity index (χ2n) is 6.26. The third kappa shape index (κ3) is 7.81. The van der Waals surface area contributed by atoms with Gasteiger partial charge >= 0.3 is 0 Å². The molecule has 0 spiro atoms. The van der Waals surface area contributed by atoms with E-state index in [1.165, 1.54) is 64.3 Å². The summed E-state index contributed by atoms with van der Waals surface area (Å²) in [6.07, 6.45) is 14.7. The maximum absolute atomic E-state index is 2.30. The fourth-order valence-electron chi connectivity index (χ4n) is 2.86. The van der Waals surface area contributed by atoms with E-state index in [1.807, 2.05) is 0 Å². The van der Waals surface area contributed by atoms with Crippen LogP contribution in [0.1, 0.15) is 71.1 Å². The number of hydrogen-bond donors (Lipinski definition) is 0. The van der Waals surface area contributed by atoms with Crippen molar-refractivity contribution in [2.45, 2.75) is 71.1 Å². The number of hydrogen-bond acceptors (Lipinski definition) is 1. The number of nitrogens with zero attached hydrogens (tertiary/aromatic N) is 1. The summed E-state index contributed by atoms with van der Waals surface area (Å²) >= 11 is 0. The molecule has 2 unspecified atom stereocenters. The first-order valence-corrected chi connectivity index (χ1v) is 7.88. The van der Waals surface area contributed by atoms with Crippen molar-refractivity contribution in [3.8, 4) is 0 Å². The molecule has 17 heavy (non-hydrogen) atoms.